The molecular formula is C29H36N4O4. The van der Waals surface area contributed by atoms with Crippen LogP contribution in [0.25, 0.3) is 0 Å². The van der Waals surface area contributed by atoms with Crippen LogP contribution in [0.3, 0.4) is 0 Å². The average Bonchev–Trinajstić information content (AvgIpc) is 3.63. The summed E-state index contributed by atoms with van der Waals surface area (Å²) in [7, 11) is 0. The Balaban J connectivity index is 1.15. The molecule has 196 valence electrons. The minimum absolute atomic E-state index is 0.0240. The maximum atomic E-state index is 13.1. The van der Waals surface area contributed by atoms with E-state index in [1.807, 2.05) is 29.2 Å². The van der Waals surface area contributed by atoms with Crippen LogP contribution in [0.1, 0.15) is 41.7 Å². The predicted molar refractivity (Wildman–Crippen MR) is 141 cm³/mol. The molecule has 3 heterocycles. The Bertz CT molecular complexity index is 1100. The van der Waals surface area contributed by atoms with Crippen LogP contribution in [0, 0.1) is 17.8 Å². The van der Waals surface area contributed by atoms with Gasteiger partial charge in [-0.2, -0.15) is 0 Å². The van der Waals surface area contributed by atoms with Crippen LogP contribution in [0.5, 0.6) is 0 Å². The lowest BCUT2D eigenvalue weighted by Gasteiger charge is -2.25. The molecule has 4 atom stereocenters. The van der Waals surface area contributed by atoms with E-state index in [4.69, 9.17) is 4.74 Å². The molecule has 8 heteroatoms. The van der Waals surface area contributed by atoms with E-state index in [0.29, 0.717) is 36.3 Å². The average molecular weight is 505 g/mol. The lowest BCUT2D eigenvalue weighted by Crippen LogP contribution is -2.37. The molecule has 0 aromatic heterocycles. The molecule has 0 bridgehead atoms. The van der Waals surface area contributed by atoms with Crippen LogP contribution in [-0.4, -0.2) is 73.5 Å². The first kappa shape index (κ1) is 25.4. The smallest absolute Gasteiger partial charge is 0.253 e. The predicted octanol–water partition coefficient (Wildman–Crippen LogP) is 2.93. The van der Waals surface area contributed by atoms with Gasteiger partial charge in [0, 0.05) is 57.5 Å². The summed E-state index contributed by atoms with van der Waals surface area (Å²) < 4.78 is 5.41. The number of likely N-dealkylation sites (tertiary alicyclic amines) is 2. The molecule has 0 radical (unpaired) electrons. The number of rotatable bonds is 8. The summed E-state index contributed by atoms with van der Waals surface area (Å²) in [6.07, 6.45) is 1.64. The maximum Gasteiger partial charge on any atom is 0.253 e. The Hall–Kier alpha value is -3.23. The van der Waals surface area contributed by atoms with Crippen molar-refractivity contribution in [1.82, 2.24) is 15.1 Å². The Kier molecular flexibility index (Phi) is 7.86. The van der Waals surface area contributed by atoms with Gasteiger partial charge in [0.05, 0.1) is 18.6 Å². The van der Waals surface area contributed by atoms with Crippen molar-refractivity contribution < 1.29 is 19.1 Å². The lowest BCUT2D eigenvalue weighted by molar-refractivity contribution is -0.125. The van der Waals surface area contributed by atoms with E-state index in [0.717, 1.165) is 51.1 Å². The summed E-state index contributed by atoms with van der Waals surface area (Å²) in [6.45, 7) is 6.97. The van der Waals surface area contributed by atoms with Crippen molar-refractivity contribution in [3.05, 3.63) is 65.7 Å². The molecule has 0 aliphatic carbocycles. The summed E-state index contributed by atoms with van der Waals surface area (Å²) in [6, 6.07) is 17.3. The Morgan fingerprint density at radius 2 is 1.76 bits per heavy atom. The van der Waals surface area contributed by atoms with E-state index in [9.17, 15) is 14.4 Å². The molecule has 2 N–H and O–H groups in total. The SMILES string of the molecule is CC(=O)Nc1cccc(C(=O)N2CC3CN(CC[C@H](NC(=O)C4CCOC4)c4ccccc4)CC3C2)c1. The third kappa shape index (κ3) is 6.19. The first-order chi connectivity index (χ1) is 18.0. The zero-order valence-corrected chi connectivity index (χ0v) is 21.4. The van der Waals surface area contributed by atoms with Gasteiger partial charge in [-0.15, -0.1) is 0 Å². The molecule has 3 unspecified atom stereocenters. The number of benzene rings is 2. The van der Waals surface area contributed by atoms with E-state index in [2.05, 4.69) is 27.7 Å². The van der Waals surface area contributed by atoms with Crippen molar-refractivity contribution in [2.24, 2.45) is 17.8 Å². The second-order valence-corrected chi connectivity index (χ2v) is 10.6. The van der Waals surface area contributed by atoms with Gasteiger partial charge in [0.2, 0.25) is 11.8 Å². The number of nitrogens with zero attached hydrogens (tertiary/aromatic N) is 2. The van der Waals surface area contributed by atoms with Gasteiger partial charge in [-0.05, 0) is 48.4 Å². The fraction of sp³-hybridized carbons (Fsp3) is 0.483. The molecule has 37 heavy (non-hydrogen) atoms. The first-order valence-corrected chi connectivity index (χ1v) is 13.3. The van der Waals surface area contributed by atoms with Gasteiger partial charge in [-0.25, -0.2) is 0 Å². The molecule has 8 nitrogen and oxygen atoms in total. The zero-order valence-electron chi connectivity index (χ0n) is 21.4. The lowest BCUT2D eigenvalue weighted by atomic mass is 10.0. The van der Waals surface area contributed by atoms with Crippen molar-refractivity contribution in [3.63, 3.8) is 0 Å². The molecule has 3 amide bonds. The van der Waals surface area contributed by atoms with Crippen LogP contribution in [-0.2, 0) is 14.3 Å². The van der Waals surface area contributed by atoms with Gasteiger partial charge in [0.25, 0.3) is 5.91 Å². The van der Waals surface area contributed by atoms with Gasteiger partial charge >= 0.3 is 0 Å². The summed E-state index contributed by atoms with van der Waals surface area (Å²) in [5.74, 6) is 0.824. The Morgan fingerprint density at radius 3 is 2.43 bits per heavy atom. The van der Waals surface area contributed by atoms with E-state index >= 15 is 0 Å². The highest BCUT2D eigenvalue weighted by atomic mass is 16.5. The number of carbonyl (C=O) groups is 3. The van der Waals surface area contributed by atoms with Gasteiger partial charge in [-0.1, -0.05) is 36.4 Å². The van der Waals surface area contributed by atoms with Gasteiger partial charge in [-0.3, -0.25) is 14.4 Å². The van der Waals surface area contributed by atoms with Crippen LogP contribution in [0.2, 0.25) is 0 Å². The minimum atomic E-state index is -0.151. The van der Waals surface area contributed by atoms with Crippen molar-refractivity contribution in [2.45, 2.75) is 25.8 Å². The number of ether oxygens (including phenoxy) is 1. The van der Waals surface area contributed by atoms with Crippen molar-refractivity contribution in [1.29, 1.82) is 0 Å². The second kappa shape index (κ2) is 11.4. The zero-order chi connectivity index (χ0) is 25.8. The fourth-order valence-corrected chi connectivity index (χ4v) is 5.90. The number of carbonyl (C=O) groups excluding carboxylic acids is 3. The number of hydrogen-bond donors (Lipinski definition) is 2. The normalized spacial score (nSPS) is 24.0. The monoisotopic (exact) mass is 504 g/mol. The van der Waals surface area contributed by atoms with Crippen LogP contribution in [0.15, 0.2) is 54.6 Å². The van der Waals surface area contributed by atoms with E-state index < -0.39 is 0 Å². The first-order valence-electron chi connectivity index (χ1n) is 13.3. The molecule has 5 rings (SSSR count). The Morgan fingerprint density at radius 1 is 1.00 bits per heavy atom. The topological polar surface area (TPSA) is 91.0 Å². The third-order valence-corrected chi connectivity index (χ3v) is 7.83. The quantitative estimate of drug-likeness (QED) is 0.577. The van der Waals surface area contributed by atoms with Crippen LogP contribution in [0.4, 0.5) is 5.69 Å². The van der Waals surface area contributed by atoms with Gasteiger partial charge in [0.15, 0.2) is 0 Å². The summed E-state index contributed by atoms with van der Waals surface area (Å²) in [5, 5.41) is 6.03. The Labute approximate surface area is 218 Å². The molecule has 2 aromatic carbocycles. The molecule has 3 aliphatic rings. The highest BCUT2D eigenvalue weighted by Gasteiger charge is 2.41. The van der Waals surface area contributed by atoms with Gasteiger partial charge in [0.1, 0.15) is 0 Å². The van der Waals surface area contributed by atoms with E-state index in [1.54, 1.807) is 18.2 Å². The minimum Gasteiger partial charge on any atom is -0.381 e. The van der Waals surface area contributed by atoms with E-state index in [-0.39, 0.29) is 29.7 Å². The van der Waals surface area contributed by atoms with E-state index in [1.165, 1.54) is 6.92 Å². The molecule has 3 aliphatic heterocycles. The highest BCUT2D eigenvalue weighted by Crippen LogP contribution is 2.33. The summed E-state index contributed by atoms with van der Waals surface area (Å²) in [4.78, 5) is 41.7. The molecule has 3 fully saturated rings. The standard InChI is InChI=1S/C29H36N4O4/c1-20(34)30-26-9-5-8-22(14-26)29(36)33-17-24-15-32(16-25(24)18-33)12-10-27(21-6-3-2-4-7-21)31-28(35)23-11-13-37-19-23/h2-9,14,23-25,27H,10-13,15-19H2,1H3,(H,30,34)(H,31,35)/t23?,24?,25?,27-/m0/s1. The maximum absolute atomic E-state index is 13.1. The largest absolute Gasteiger partial charge is 0.381 e. The molecular weight excluding hydrogens is 468 g/mol. The number of anilines is 1. The third-order valence-electron chi connectivity index (χ3n) is 7.83. The van der Waals surface area contributed by atoms with Crippen molar-refractivity contribution in [3.8, 4) is 0 Å². The second-order valence-electron chi connectivity index (χ2n) is 10.6. The molecule has 2 aromatic rings. The fourth-order valence-electron chi connectivity index (χ4n) is 5.90. The number of nitrogens with one attached hydrogen (secondary N) is 2. The highest BCUT2D eigenvalue weighted by molar-refractivity contribution is 5.97. The van der Waals surface area contributed by atoms with Crippen LogP contribution >= 0.6 is 0 Å². The number of amides is 3. The number of fused-ring (bicyclic) bond motifs is 1. The van der Waals surface area contributed by atoms with Crippen LogP contribution < -0.4 is 10.6 Å². The van der Waals surface area contributed by atoms with Crippen molar-refractivity contribution >= 4 is 23.4 Å². The van der Waals surface area contributed by atoms with Crippen molar-refractivity contribution in [2.75, 3.05) is 51.3 Å². The summed E-state index contributed by atoms with van der Waals surface area (Å²) in [5.41, 5.74) is 2.38. The molecule has 3 saturated heterocycles. The number of hydrogen-bond acceptors (Lipinski definition) is 5. The van der Waals surface area contributed by atoms with Gasteiger partial charge < -0.3 is 25.2 Å². The summed E-state index contributed by atoms with van der Waals surface area (Å²) >= 11 is 0. The molecule has 0 spiro atoms. The molecule has 0 saturated carbocycles.